The first-order valence-electron chi connectivity index (χ1n) is 22.7. The Balaban J connectivity index is 0.900. The molecule has 0 aromatic heterocycles. The van der Waals surface area contributed by atoms with Crippen molar-refractivity contribution in [2.24, 2.45) is 0 Å². The molecular formula is C64H44N2. The van der Waals surface area contributed by atoms with E-state index in [4.69, 9.17) is 0 Å². The van der Waals surface area contributed by atoms with Crippen LogP contribution in [-0.2, 0) is 0 Å². The highest BCUT2D eigenvalue weighted by Gasteiger charge is 2.17. The second kappa shape index (κ2) is 16.8. The zero-order chi connectivity index (χ0) is 43.8. The molecule has 0 fully saturated rings. The summed E-state index contributed by atoms with van der Waals surface area (Å²) in [6.07, 6.45) is 0. The molecule has 0 aliphatic rings. The Labute approximate surface area is 385 Å². The number of benzene rings is 12. The summed E-state index contributed by atoms with van der Waals surface area (Å²) in [5.41, 5.74) is 14.1. The van der Waals surface area contributed by atoms with Gasteiger partial charge in [0.1, 0.15) is 0 Å². The molecule has 310 valence electrons. The molecule has 12 aromatic rings. The molecule has 0 saturated heterocycles. The largest absolute Gasteiger partial charge is 0.311 e. The molecule has 0 amide bonds. The van der Waals surface area contributed by atoms with Crippen molar-refractivity contribution < 1.29 is 0 Å². The van der Waals surface area contributed by atoms with Crippen molar-refractivity contribution in [3.05, 3.63) is 267 Å². The van der Waals surface area contributed by atoms with Gasteiger partial charge in [0.25, 0.3) is 0 Å². The third kappa shape index (κ3) is 7.12. The van der Waals surface area contributed by atoms with Crippen LogP contribution in [0.5, 0.6) is 0 Å². The number of anilines is 6. The smallest absolute Gasteiger partial charge is 0.0462 e. The summed E-state index contributed by atoms with van der Waals surface area (Å²) in [6, 6.07) is 96.7. The highest BCUT2D eigenvalue weighted by atomic mass is 15.1. The van der Waals surface area contributed by atoms with E-state index in [0.717, 1.165) is 34.1 Å². The summed E-state index contributed by atoms with van der Waals surface area (Å²) in [4.78, 5) is 4.62. The first kappa shape index (κ1) is 38.9. The van der Waals surface area contributed by atoms with E-state index in [1.165, 1.54) is 76.5 Å². The van der Waals surface area contributed by atoms with E-state index in [2.05, 4.69) is 277 Å². The van der Waals surface area contributed by atoms with Crippen LogP contribution in [0.3, 0.4) is 0 Å². The summed E-state index contributed by atoms with van der Waals surface area (Å²) in [5, 5.41) is 9.90. The predicted octanol–water partition coefficient (Wildman–Crippen LogP) is 18.2. The SMILES string of the molecule is c1ccc(N(c2ccccc2)c2ccc(-c3cccc4cc5c(-c6cccc7cc8c(-c9ccc(N(c%10ccccc%10)c%10ccccc%10)cc9)cccc8cc67)cccc5cc34)cc2)cc1. The van der Waals surface area contributed by atoms with Crippen LogP contribution in [0.25, 0.3) is 76.5 Å². The number of hydrogen-bond donors (Lipinski definition) is 0. The molecule has 0 unspecified atom stereocenters. The van der Waals surface area contributed by atoms with Gasteiger partial charge in [-0.15, -0.1) is 0 Å². The lowest BCUT2D eigenvalue weighted by Gasteiger charge is -2.25. The Kier molecular flexibility index (Phi) is 9.89. The summed E-state index contributed by atoms with van der Waals surface area (Å²) < 4.78 is 0. The fourth-order valence-corrected chi connectivity index (χ4v) is 9.86. The monoisotopic (exact) mass is 840 g/mol. The Bertz CT molecular complexity index is 3340. The van der Waals surface area contributed by atoms with Gasteiger partial charge < -0.3 is 9.80 Å². The van der Waals surface area contributed by atoms with E-state index in [1.807, 2.05) is 0 Å². The molecule has 0 heterocycles. The van der Waals surface area contributed by atoms with Crippen molar-refractivity contribution in [2.45, 2.75) is 0 Å². The lowest BCUT2D eigenvalue weighted by molar-refractivity contribution is 1.28. The molecule has 0 atom stereocenters. The fourth-order valence-electron chi connectivity index (χ4n) is 9.86. The lowest BCUT2D eigenvalue weighted by atomic mass is 9.89. The highest BCUT2D eigenvalue weighted by Crippen LogP contribution is 2.42. The maximum Gasteiger partial charge on any atom is 0.0462 e. The van der Waals surface area contributed by atoms with Crippen LogP contribution < -0.4 is 9.80 Å². The zero-order valence-electron chi connectivity index (χ0n) is 36.3. The van der Waals surface area contributed by atoms with Gasteiger partial charge in [-0.1, -0.05) is 170 Å². The third-order valence-corrected chi connectivity index (χ3v) is 13.0. The first-order chi connectivity index (χ1) is 32.7. The molecule has 0 bridgehead atoms. The molecule has 0 radical (unpaired) electrons. The Morgan fingerprint density at radius 3 is 0.712 bits per heavy atom. The number of fused-ring (bicyclic) bond motifs is 4. The molecule has 12 rings (SSSR count). The second-order valence-electron chi connectivity index (χ2n) is 16.9. The maximum absolute atomic E-state index is 2.39. The molecule has 2 heteroatoms. The van der Waals surface area contributed by atoms with Gasteiger partial charge in [0.05, 0.1) is 0 Å². The maximum atomic E-state index is 2.39. The minimum absolute atomic E-state index is 1.12. The average molecular weight is 841 g/mol. The number of nitrogens with zero attached hydrogens (tertiary/aromatic N) is 2. The normalized spacial score (nSPS) is 11.3. The molecule has 12 aromatic carbocycles. The number of para-hydroxylation sites is 4. The highest BCUT2D eigenvalue weighted by molar-refractivity contribution is 6.14. The van der Waals surface area contributed by atoms with Crippen molar-refractivity contribution in [3.8, 4) is 33.4 Å². The molecule has 0 N–H and O–H groups in total. The summed E-state index contributed by atoms with van der Waals surface area (Å²) in [6.45, 7) is 0. The quantitative estimate of drug-likeness (QED) is 0.134. The van der Waals surface area contributed by atoms with Gasteiger partial charge in [0.2, 0.25) is 0 Å². The van der Waals surface area contributed by atoms with Crippen LogP contribution in [0.2, 0.25) is 0 Å². The van der Waals surface area contributed by atoms with Crippen LogP contribution in [0, 0.1) is 0 Å². The Morgan fingerprint density at radius 2 is 0.424 bits per heavy atom. The topological polar surface area (TPSA) is 6.48 Å². The van der Waals surface area contributed by atoms with Crippen LogP contribution in [0.4, 0.5) is 34.1 Å². The van der Waals surface area contributed by atoms with E-state index in [9.17, 15) is 0 Å². The molecule has 66 heavy (non-hydrogen) atoms. The lowest BCUT2D eigenvalue weighted by Crippen LogP contribution is -2.09. The van der Waals surface area contributed by atoms with Crippen molar-refractivity contribution in [1.29, 1.82) is 0 Å². The van der Waals surface area contributed by atoms with Gasteiger partial charge >= 0.3 is 0 Å². The van der Waals surface area contributed by atoms with Crippen molar-refractivity contribution in [1.82, 2.24) is 0 Å². The number of hydrogen-bond acceptors (Lipinski definition) is 2. The van der Waals surface area contributed by atoms with Crippen LogP contribution in [0.15, 0.2) is 267 Å². The second-order valence-corrected chi connectivity index (χ2v) is 16.9. The van der Waals surface area contributed by atoms with Gasteiger partial charge in [0, 0.05) is 34.1 Å². The molecular weight excluding hydrogens is 797 g/mol. The summed E-state index contributed by atoms with van der Waals surface area (Å²) >= 11 is 0. The minimum atomic E-state index is 1.12. The van der Waals surface area contributed by atoms with Gasteiger partial charge in [-0.2, -0.15) is 0 Å². The molecule has 0 spiro atoms. The van der Waals surface area contributed by atoms with Crippen LogP contribution in [0.1, 0.15) is 0 Å². The summed E-state index contributed by atoms with van der Waals surface area (Å²) in [7, 11) is 0. The molecule has 0 saturated carbocycles. The van der Waals surface area contributed by atoms with E-state index in [1.54, 1.807) is 0 Å². The third-order valence-electron chi connectivity index (χ3n) is 13.0. The van der Waals surface area contributed by atoms with Gasteiger partial charge in [-0.05, 0) is 174 Å². The van der Waals surface area contributed by atoms with Gasteiger partial charge in [0.15, 0.2) is 0 Å². The van der Waals surface area contributed by atoms with Crippen molar-refractivity contribution >= 4 is 77.2 Å². The zero-order valence-corrected chi connectivity index (χ0v) is 36.3. The molecule has 2 nitrogen and oxygen atoms in total. The Morgan fingerprint density at radius 1 is 0.182 bits per heavy atom. The van der Waals surface area contributed by atoms with Gasteiger partial charge in [-0.25, -0.2) is 0 Å². The van der Waals surface area contributed by atoms with E-state index < -0.39 is 0 Å². The van der Waals surface area contributed by atoms with E-state index >= 15 is 0 Å². The van der Waals surface area contributed by atoms with Crippen LogP contribution >= 0.6 is 0 Å². The Hall–Kier alpha value is -8.72. The van der Waals surface area contributed by atoms with Gasteiger partial charge in [-0.3, -0.25) is 0 Å². The van der Waals surface area contributed by atoms with E-state index in [0.29, 0.717) is 0 Å². The standard InChI is InChI=1S/C64H44N2/c1-5-21-51(22-6-1)65(52-23-7-2-8-24-52)55-37-33-45(34-38-55)57-29-13-17-47-43-63-49(41-61(47)57)19-15-31-59(63)60-32-16-20-50-42-62-48(44-64(50)60)18-14-30-58(62)46-35-39-56(40-36-46)66(53-25-9-3-10-26-53)54-27-11-4-12-28-54/h1-44H. The fraction of sp³-hybridized carbons (Fsp3) is 0. The molecule has 0 aliphatic heterocycles. The van der Waals surface area contributed by atoms with Crippen LogP contribution in [-0.4, -0.2) is 0 Å². The predicted molar refractivity (Wildman–Crippen MR) is 282 cm³/mol. The average Bonchev–Trinajstić information content (AvgIpc) is 3.39. The minimum Gasteiger partial charge on any atom is -0.311 e. The van der Waals surface area contributed by atoms with Crippen molar-refractivity contribution in [2.75, 3.05) is 9.80 Å². The van der Waals surface area contributed by atoms with Crippen molar-refractivity contribution in [3.63, 3.8) is 0 Å². The summed E-state index contributed by atoms with van der Waals surface area (Å²) in [5.74, 6) is 0. The van der Waals surface area contributed by atoms with E-state index in [-0.39, 0.29) is 0 Å². The first-order valence-corrected chi connectivity index (χ1v) is 22.7. The molecule has 0 aliphatic carbocycles. The number of rotatable bonds is 9.